The maximum absolute atomic E-state index is 13.5. The molecule has 0 radical (unpaired) electrons. The summed E-state index contributed by atoms with van der Waals surface area (Å²) >= 11 is 0. The lowest BCUT2D eigenvalue weighted by Crippen LogP contribution is -2.43. The molecule has 0 saturated heterocycles. The van der Waals surface area contributed by atoms with E-state index in [1.165, 1.54) is 0 Å². The van der Waals surface area contributed by atoms with Gasteiger partial charge in [0.15, 0.2) is 0 Å². The van der Waals surface area contributed by atoms with Crippen molar-refractivity contribution in [2.45, 2.75) is 24.1 Å². The number of rotatable bonds is 2. The molecule has 2 aromatic rings. The summed E-state index contributed by atoms with van der Waals surface area (Å²) in [6.45, 7) is 0. The highest BCUT2D eigenvalue weighted by Gasteiger charge is 2.57. The number of alkyl halides is 9. The molecule has 0 bridgehead atoms. The molecule has 0 aliphatic heterocycles. The lowest BCUT2D eigenvalue weighted by molar-refractivity contribution is -0.248. The molecule has 0 aliphatic carbocycles. The Morgan fingerprint density at radius 2 is 0.846 bits per heavy atom. The zero-order valence-corrected chi connectivity index (χ0v) is 12.5. The van der Waals surface area contributed by atoms with E-state index in [-0.39, 0.29) is 12.1 Å². The van der Waals surface area contributed by atoms with Gasteiger partial charge in [0.1, 0.15) is 0 Å². The number of hydrogen-bond donors (Lipinski definition) is 1. The van der Waals surface area contributed by atoms with Crippen LogP contribution in [-0.4, -0.2) is 11.3 Å². The van der Waals surface area contributed by atoms with E-state index in [1.54, 1.807) is 0 Å². The average Bonchev–Trinajstić information content (AvgIpc) is 2.51. The van der Waals surface area contributed by atoms with Crippen molar-refractivity contribution in [2.24, 2.45) is 0 Å². The third-order valence-corrected chi connectivity index (χ3v) is 3.63. The van der Waals surface area contributed by atoms with Gasteiger partial charge in [0.25, 0.3) is 0 Å². The maximum atomic E-state index is 13.5. The van der Waals surface area contributed by atoms with Crippen LogP contribution >= 0.6 is 0 Å². The molecule has 142 valence electrons. The van der Waals surface area contributed by atoms with Crippen LogP contribution in [0.4, 0.5) is 39.5 Å². The molecule has 0 fully saturated rings. The molecule has 0 aliphatic rings. The Bertz CT molecular complexity index is 730. The first kappa shape index (κ1) is 20.1. The van der Waals surface area contributed by atoms with Crippen LogP contribution in [0.5, 0.6) is 0 Å². The Morgan fingerprint density at radius 1 is 0.538 bits per heavy atom. The van der Waals surface area contributed by atoms with Crippen LogP contribution in [0.1, 0.15) is 22.3 Å². The SMILES string of the molecule is OC(c1cccc(C(F)(F)F)c1)(c1cccc(C(F)(F)F)c1)C(F)(F)F. The second kappa shape index (κ2) is 6.19. The van der Waals surface area contributed by atoms with Crippen molar-refractivity contribution in [1.82, 2.24) is 0 Å². The topological polar surface area (TPSA) is 20.2 Å². The van der Waals surface area contributed by atoms with Crippen LogP contribution in [0, 0.1) is 0 Å². The molecular formula is C16H9F9O. The molecule has 10 heteroatoms. The smallest absolute Gasteiger partial charge is 0.372 e. The summed E-state index contributed by atoms with van der Waals surface area (Å²) in [5.74, 6) is 0. The molecule has 0 saturated carbocycles. The van der Waals surface area contributed by atoms with Crippen molar-refractivity contribution in [3.8, 4) is 0 Å². The maximum Gasteiger partial charge on any atom is 0.425 e. The minimum absolute atomic E-state index is 0.0494. The molecule has 0 spiro atoms. The molecule has 0 unspecified atom stereocenters. The van der Waals surface area contributed by atoms with E-state index in [1.807, 2.05) is 0 Å². The predicted octanol–water partition coefficient (Wildman–Crippen LogP) is 5.52. The monoisotopic (exact) mass is 388 g/mol. The number of benzene rings is 2. The molecular weight excluding hydrogens is 379 g/mol. The molecule has 1 N–H and O–H groups in total. The first-order chi connectivity index (χ1) is 11.7. The van der Waals surface area contributed by atoms with E-state index in [2.05, 4.69) is 0 Å². The molecule has 0 atom stereocenters. The van der Waals surface area contributed by atoms with E-state index in [0.29, 0.717) is 36.4 Å². The largest absolute Gasteiger partial charge is 0.425 e. The van der Waals surface area contributed by atoms with E-state index >= 15 is 0 Å². The van der Waals surface area contributed by atoms with Gasteiger partial charge in [-0.15, -0.1) is 0 Å². The summed E-state index contributed by atoms with van der Waals surface area (Å²) in [5, 5.41) is 10.2. The molecule has 1 nitrogen and oxygen atoms in total. The summed E-state index contributed by atoms with van der Waals surface area (Å²) < 4.78 is 117. The van der Waals surface area contributed by atoms with Gasteiger partial charge in [-0.2, -0.15) is 39.5 Å². The van der Waals surface area contributed by atoms with Gasteiger partial charge in [-0.05, 0) is 35.4 Å². The van der Waals surface area contributed by atoms with Crippen LogP contribution in [0.2, 0.25) is 0 Å². The van der Waals surface area contributed by atoms with Crippen LogP contribution in [0.15, 0.2) is 48.5 Å². The highest BCUT2D eigenvalue weighted by molar-refractivity contribution is 5.42. The van der Waals surface area contributed by atoms with E-state index < -0.39 is 46.4 Å². The van der Waals surface area contributed by atoms with Crippen molar-refractivity contribution >= 4 is 0 Å². The Kier molecular flexibility index (Phi) is 4.78. The number of halogens is 9. The van der Waals surface area contributed by atoms with E-state index in [4.69, 9.17) is 0 Å². The molecule has 0 aromatic heterocycles. The third kappa shape index (κ3) is 3.64. The summed E-state index contributed by atoms with van der Waals surface area (Å²) in [7, 11) is 0. The van der Waals surface area contributed by atoms with Gasteiger partial charge < -0.3 is 5.11 Å². The average molecular weight is 388 g/mol. The summed E-state index contributed by atoms with van der Waals surface area (Å²) in [4.78, 5) is 0. The van der Waals surface area contributed by atoms with Gasteiger partial charge in [-0.25, -0.2) is 0 Å². The van der Waals surface area contributed by atoms with Crippen LogP contribution in [0.25, 0.3) is 0 Å². The quantitative estimate of drug-likeness (QED) is 0.672. The van der Waals surface area contributed by atoms with Gasteiger partial charge in [0.05, 0.1) is 11.1 Å². The van der Waals surface area contributed by atoms with Gasteiger partial charge in [0.2, 0.25) is 5.60 Å². The van der Waals surface area contributed by atoms with Crippen molar-refractivity contribution in [3.63, 3.8) is 0 Å². The Hall–Kier alpha value is -2.23. The Balaban J connectivity index is 2.73. The first-order valence-electron chi connectivity index (χ1n) is 6.82. The fourth-order valence-electron chi connectivity index (χ4n) is 2.34. The zero-order valence-electron chi connectivity index (χ0n) is 12.5. The fraction of sp³-hybridized carbons (Fsp3) is 0.250. The second-order valence-electron chi connectivity index (χ2n) is 5.37. The van der Waals surface area contributed by atoms with Gasteiger partial charge in [-0.3, -0.25) is 0 Å². The predicted molar refractivity (Wildman–Crippen MR) is 71.9 cm³/mol. The third-order valence-electron chi connectivity index (χ3n) is 3.63. The van der Waals surface area contributed by atoms with E-state index in [9.17, 15) is 44.6 Å². The van der Waals surface area contributed by atoms with Crippen molar-refractivity contribution in [3.05, 3.63) is 70.8 Å². The Labute approximate surface area is 140 Å². The van der Waals surface area contributed by atoms with E-state index in [0.717, 1.165) is 0 Å². The molecule has 2 rings (SSSR count). The van der Waals surface area contributed by atoms with Gasteiger partial charge >= 0.3 is 18.5 Å². The molecule has 26 heavy (non-hydrogen) atoms. The summed E-state index contributed by atoms with van der Waals surface area (Å²) in [5.41, 5.74) is -9.53. The minimum Gasteiger partial charge on any atom is -0.372 e. The molecule has 0 heterocycles. The lowest BCUT2D eigenvalue weighted by Gasteiger charge is -2.32. The fourth-order valence-corrected chi connectivity index (χ4v) is 2.34. The minimum atomic E-state index is -5.58. The molecule has 2 aromatic carbocycles. The summed E-state index contributed by atoms with van der Waals surface area (Å²) in [6.07, 6.45) is -15.6. The molecule has 0 amide bonds. The zero-order chi connectivity index (χ0) is 20.0. The normalized spacial score (nSPS) is 13.8. The second-order valence-corrected chi connectivity index (χ2v) is 5.37. The van der Waals surface area contributed by atoms with Crippen LogP contribution in [-0.2, 0) is 18.0 Å². The summed E-state index contributed by atoms with van der Waals surface area (Å²) in [6, 6.07) is 3.43. The van der Waals surface area contributed by atoms with Gasteiger partial charge in [-0.1, -0.05) is 24.3 Å². The van der Waals surface area contributed by atoms with Crippen LogP contribution in [0.3, 0.4) is 0 Å². The first-order valence-corrected chi connectivity index (χ1v) is 6.82. The van der Waals surface area contributed by atoms with Crippen LogP contribution < -0.4 is 0 Å². The highest BCUT2D eigenvalue weighted by atomic mass is 19.4. The van der Waals surface area contributed by atoms with Crippen molar-refractivity contribution < 1.29 is 44.6 Å². The van der Waals surface area contributed by atoms with Gasteiger partial charge in [0, 0.05) is 0 Å². The standard InChI is InChI=1S/C16H9F9O/c17-14(18,19)11-5-1-3-9(7-11)13(26,16(23,24)25)10-4-2-6-12(8-10)15(20,21)22/h1-8,26H. The van der Waals surface area contributed by atoms with Crippen molar-refractivity contribution in [1.29, 1.82) is 0 Å². The number of aliphatic hydroxyl groups is 1. The van der Waals surface area contributed by atoms with Crippen molar-refractivity contribution in [2.75, 3.05) is 0 Å². The Morgan fingerprint density at radius 3 is 1.12 bits per heavy atom. The number of hydrogen-bond acceptors (Lipinski definition) is 1. The highest BCUT2D eigenvalue weighted by Crippen LogP contribution is 2.46. The lowest BCUT2D eigenvalue weighted by atomic mass is 9.84.